The number of aliphatic hydroxyl groups excluding tert-OH is 1. The molecular formula is C17H14O5. The second-order valence-corrected chi connectivity index (χ2v) is 4.91. The zero-order chi connectivity index (χ0) is 15.7. The molecule has 22 heavy (non-hydrogen) atoms. The van der Waals surface area contributed by atoms with Crippen molar-refractivity contribution in [1.82, 2.24) is 0 Å². The molecule has 0 radical (unpaired) electrons. The fourth-order valence-electron chi connectivity index (χ4n) is 2.58. The molecule has 0 saturated heterocycles. The predicted octanol–water partition coefficient (Wildman–Crippen LogP) is 2.41. The van der Waals surface area contributed by atoms with E-state index in [1.165, 1.54) is 18.2 Å². The molecule has 0 fully saturated rings. The van der Waals surface area contributed by atoms with Crippen molar-refractivity contribution in [1.29, 1.82) is 0 Å². The van der Waals surface area contributed by atoms with Crippen LogP contribution in [0.5, 0.6) is 11.5 Å². The van der Waals surface area contributed by atoms with Crippen LogP contribution in [-0.4, -0.2) is 21.9 Å². The molecule has 1 aromatic heterocycles. The highest BCUT2D eigenvalue weighted by Gasteiger charge is 2.18. The number of benzene rings is 2. The zero-order valence-electron chi connectivity index (χ0n) is 11.6. The molecule has 112 valence electrons. The summed E-state index contributed by atoms with van der Waals surface area (Å²) in [6, 6.07) is 10.9. The SMILES string of the molecule is O=c1oc2cc(O)ccc2c(CCO)c1-c1ccccc1O. The molecule has 3 aromatic rings. The minimum absolute atomic E-state index is 0.0130. The molecule has 2 aromatic carbocycles. The van der Waals surface area contributed by atoms with Gasteiger partial charge in [0.1, 0.15) is 17.1 Å². The third-order valence-electron chi connectivity index (χ3n) is 3.53. The van der Waals surface area contributed by atoms with Crippen LogP contribution >= 0.6 is 0 Å². The second-order valence-electron chi connectivity index (χ2n) is 4.91. The first kappa shape index (κ1) is 14.2. The number of phenols is 2. The average molecular weight is 298 g/mol. The molecule has 3 rings (SSSR count). The fraction of sp³-hybridized carbons (Fsp3) is 0.118. The Balaban J connectivity index is 2.41. The van der Waals surface area contributed by atoms with E-state index in [1.54, 1.807) is 24.3 Å². The molecule has 0 amide bonds. The highest BCUT2D eigenvalue weighted by Crippen LogP contribution is 2.33. The maximum absolute atomic E-state index is 12.4. The largest absolute Gasteiger partial charge is 0.508 e. The van der Waals surface area contributed by atoms with Gasteiger partial charge in [0.05, 0.1) is 5.56 Å². The number of hydrogen-bond donors (Lipinski definition) is 3. The quantitative estimate of drug-likeness (QED) is 0.646. The number of para-hydroxylation sites is 1. The summed E-state index contributed by atoms with van der Waals surface area (Å²) in [5.41, 5.74) is 0.783. The first-order valence-corrected chi connectivity index (χ1v) is 6.79. The van der Waals surface area contributed by atoms with Crippen LogP contribution in [0.3, 0.4) is 0 Å². The smallest absolute Gasteiger partial charge is 0.344 e. The molecule has 0 aliphatic heterocycles. The Morgan fingerprint density at radius 1 is 1.05 bits per heavy atom. The van der Waals surface area contributed by atoms with E-state index in [2.05, 4.69) is 0 Å². The van der Waals surface area contributed by atoms with Gasteiger partial charge in [-0.25, -0.2) is 4.79 Å². The van der Waals surface area contributed by atoms with Crippen LogP contribution in [0.25, 0.3) is 22.1 Å². The standard InChI is InChI=1S/C17H14O5/c18-8-7-12-11-6-5-10(19)9-15(11)22-17(21)16(12)13-3-1-2-4-14(13)20/h1-6,9,18-20H,7-8H2. The van der Waals surface area contributed by atoms with Gasteiger partial charge in [-0.3, -0.25) is 0 Å². The lowest BCUT2D eigenvalue weighted by Crippen LogP contribution is -2.09. The van der Waals surface area contributed by atoms with Gasteiger partial charge in [-0.15, -0.1) is 0 Å². The van der Waals surface area contributed by atoms with Crippen LogP contribution in [0.4, 0.5) is 0 Å². The van der Waals surface area contributed by atoms with Crippen LogP contribution in [0.1, 0.15) is 5.56 Å². The lowest BCUT2D eigenvalue weighted by Gasteiger charge is -2.12. The van der Waals surface area contributed by atoms with Crippen molar-refractivity contribution in [3.05, 3.63) is 58.4 Å². The summed E-state index contributed by atoms with van der Waals surface area (Å²) in [6.45, 7) is -0.153. The van der Waals surface area contributed by atoms with Crippen LogP contribution in [-0.2, 0) is 6.42 Å². The molecular weight excluding hydrogens is 284 g/mol. The van der Waals surface area contributed by atoms with Gasteiger partial charge in [-0.1, -0.05) is 18.2 Å². The van der Waals surface area contributed by atoms with E-state index in [9.17, 15) is 20.1 Å². The van der Waals surface area contributed by atoms with E-state index < -0.39 is 5.63 Å². The van der Waals surface area contributed by atoms with Crippen molar-refractivity contribution >= 4 is 11.0 Å². The maximum atomic E-state index is 12.4. The number of aliphatic hydroxyl groups is 1. The second kappa shape index (κ2) is 5.54. The van der Waals surface area contributed by atoms with Crippen molar-refractivity contribution < 1.29 is 19.7 Å². The number of aromatic hydroxyl groups is 2. The van der Waals surface area contributed by atoms with Gasteiger partial charge in [-0.2, -0.15) is 0 Å². The summed E-state index contributed by atoms with van der Waals surface area (Å²) in [7, 11) is 0. The molecule has 1 heterocycles. The van der Waals surface area contributed by atoms with Crippen molar-refractivity contribution in [2.24, 2.45) is 0 Å². The van der Waals surface area contributed by atoms with Crippen molar-refractivity contribution in [2.75, 3.05) is 6.61 Å². The predicted molar refractivity (Wildman–Crippen MR) is 82.0 cm³/mol. The zero-order valence-corrected chi connectivity index (χ0v) is 11.6. The first-order chi connectivity index (χ1) is 10.6. The molecule has 0 bridgehead atoms. The van der Waals surface area contributed by atoms with Crippen molar-refractivity contribution in [3.63, 3.8) is 0 Å². The molecule has 5 nitrogen and oxygen atoms in total. The Bertz CT molecular complexity index is 895. The van der Waals surface area contributed by atoms with Crippen molar-refractivity contribution in [3.8, 4) is 22.6 Å². The van der Waals surface area contributed by atoms with E-state index >= 15 is 0 Å². The Morgan fingerprint density at radius 2 is 1.82 bits per heavy atom. The summed E-state index contributed by atoms with van der Waals surface area (Å²) in [4.78, 5) is 12.4. The molecule has 0 unspecified atom stereocenters. The molecule has 0 spiro atoms. The highest BCUT2D eigenvalue weighted by molar-refractivity contribution is 5.88. The van der Waals surface area contributed by atoms with Crippen LogP contribution in [0.15, 0.2) is 51.7 Å². The van der Waals surface area contributed by atoms with Gasteiger partial charge < -0.3 is 19.7 Å². The monoisotopic (exact) mass is 298 g/mol. The number of rotatable bonds is 3. The van der Waals surface area contributed by atoms with E-state index in [1.807, 2.05) is 0 Å². The van der Waals surface area contributed by atoms with Gasteiger partial charge in [0.25, 0.3) is 0 Å². The minimum Gasteiger partial charge on any atom is -0.508 e. The van der Waals surface area contributed by atoms with Crippen molar-refractivity contribution in [2.45, 2.75) is 6.42 Å². The van der Waals surface area contributed by atoms with E-state index in [0.717, 1.165) is 0 Å². The van der Waals surface area contributed by atoms with Crippen LogP contribution < -0.4 is 5.63 Å². The summed E-state index contributed by atoms with van der Waals surface area (Å²) >= 11 is 0. The number of hydrogen-bond acceptors (Lipinski definition) is 5. The minimum atomic E-state index is -0.622. The lowest BCUT2D eigenvalue weighted by molar-refractivity contribution is 0.300. The number of fused-ring (bicyclic) bond motifs is 1. The summed E-state index contributed by atoms with van der Waals surface area (Å²) in [6.07, 6.45) is 0.233. The summed E-state index contributed by atoms with van der Waals surface area (Å²) in [5, 5.41) is 29.5. The average Bonchev–Trinajstić information content (AvgIpc) is 2.48. The molecule has 0 saturated carbocycles. The van der Waals surface area contributed by atoms with Gasteiger partial charge in [0.15, 0.2) is 0 Å². The molecule has 0 atom stereocenters. The molecule has 3 N–H and O–H groups in total. The van der Waals surface area contributed by atoms with Gasteiger partial charge in [0.2, 0.25) is 0 Å². The van der Waals surface area contributed by atoms with Gasteiger partial charge in [0, 0.05) is 23.6 Å². The van der Waals surface area contributed by atoms with E-state index in [0.29, 0.717) is 16.5 Å². The first-order valence-electron chi connectivity index (χ1n) is 6.79. The fourth-order valence-corrected chi connectivity index (χ4v) is 2.58. The number of phenolic OH excluding ortho intramolecular Hbond substituents is 2. The third-order valence-corrected chi connectivity index (χ3v) is 3.53. The van der Waals surface area contributed by atoms with E-state index in [-0.39, 0.29) is 35.7 Å². The van der Waals surface area contributed by atoms with Crippen LogP contribution in [0.2, 0.25) is 0 Å². The highest BCUT2D eigenvalue weighted by atomic mass is 16.4. The molecule has 0 aliphatic carbocycles. The third kappa shape index (κ3) is 2.31. The maximum Gasteiger partial charge on any atom is 0.344 e. The Hall–Kier alpha value is -2.79. The van der Waals surface area contributed by atoms with Gasteiger partial charge in [-0.05, 0) is 30.2 Å². The van der Waals surface area contributed by atoms with Gasteiger partial charge >= 0.3 is 5.63 Å². The molecule has 5 heteroatoms. The summed E-state index contributed by atoms with van der Waals surface area (Å²) < 4.78 is 5.26. The normalized spacial score (nSPS) is 11.0. The molecule has 0 aliphatic rings. The Morgan fingerprint density at radius 3 is 2.55 bits per heavy atom. The Labute approximate surface area is 125 Å². The topological polar surface area (TPSA) is 90.9 Å². The summed E-state index contributed by atoms with van der Waals surface area (Å²) in [5.74, 6) is -0.0481. The van der Waals surface area contributed by atoms with Crippen LogP contribution in [0, 0.1) is 0 Å². The lowest BCUT2D eigenvalue weighted by atomic mass is 9.96. The Kier molecular flexibility index (Phi) is 3.56. The van der Waals surface area contributed by atoms with E-state index in [4.69, 9.17) is 4.42 Å².